The first-order chi connectivity index (χ1) is 9.39. The van der Waals surface area contributed by atoms with E-state index in [1.807, 2.05) is 18.2 Å². The zero-order valence-corrected chi connectivity index (χ0v) is 13.1. The lowest BCUT2D eigenvalue weighted by atomic mass is 10.1. The first-order valence-corrected chi connectivity index (χ1v) is 8.73. The molecule has 0 N–H and O–H groups in total. The minimum atomic E-state index is -3.73. The molecular formula is C14H17ClN2O2S. The lowest BCUT2D eigenvalue weighted by Crippen LogP contribution is -2.04. The third-order valence-corrected chi connectivity index (χ3v) is 4.78. The van der Waals surface area contributed by atoms with Crippen LogP contribution in [0.2, 0.25) is 0 Å². The van der Waals surface area contributed by atoms with Crippen LogP contribution in [0, 0.1) is 13.8 Å². The molecule has 0 amide bonds. The summed E-state index contributed by atoms with van der Waals surface area (Å²) in [5.74, 6) is 0. The molecule has 0 spiro atoms. The Morgan fingerprint density at radius 1 is 1.20 bits per heavy atom. The first kappa shape index (κ1) is 15.1. The Morgan fingerprint density at radius 2 is 1.85 bits per heavy atom. The number of hydrogen-bond acceptors (Lipinski definition) is 3. The van der Waals surface area contributed by atoms with E-state index in [1.54, 1.807) is 18.5 Å². The van der Waals surface area contributed by atoms with E-state index in [2.05, 4.69) is 17.2 Å². The molecule has 0 atom stereocenters. The molecule has 2 rings (SSSR count). The lowest BCUT2D eigenvalue weighted by Gasteiger charge is -2.05. The minimum absolute atomic E-state index is 0.138. The molecule has 1 aromatic carbocycles. The van der Waals surface area contributed by atoms with Gasteiger partial charge in [-0.1, -0.05) is 30.3 Å². The maximum absolute atomic E-state index is 11.5. The van der Waals surface area contributed by atoms with Gasteiger partial charge in [0.1, 0.15) is 4.90 Å². The molecule has 0 fully saturated rings. The molecule has 20 heavy (non-hydrogen) atoms. The Labute approximate surface area is 123 Å². The normalized spacial score (nSPS) is 11.8. The van der Waals surface area contributed by atoms with Gasteiger partial charge in [-0.05, 0) is 32.3 Å². The van der Waals surface area contributed by atoms with Crippen LogP contribution in [0.4, 0.5) is 0 Å². The molecule has 2 aromatic rings. The van der Waals surface area contributed by atoms with Crippen molar-refractivity contribution < 1.29 is 8.42 Å². The zero-order valence-electron chi connectivity index (χ0n) is 11.5. The maximum Gasteiger partial charge on any atom is 0.264 e. The third kappa shape index (κ3) is 3.41. The fourth-order valence-electron chi connectivity index (χ4n) is 2.33. The Hall–Kier alpha value is -1.33. The second-order valence-corrected chi connectivity index (χ2v) is 7.25. The summed E-state index contributed by atoms with van der Waals surface area (Å²) in [6.07, 6.45) is 1.83. The predicted octanol–water partition coefficient (Wildman–Crippen LogP) is 3.06. The monoisotopic (exact) mass is 312 g/mol. The van der Waals surface area contributed by atoms with Crippen LogP contribution in [0.25, 0.3) is 0 Å². The Morgan fingerprint density at radius 3 is 2.40 bits per heavy atom. The van der Waals surface area contributed by atoms with Gasteiger partial charge >= 0.3 is 0 Å². The van der Waals surface area contributed by atoms with Crippen molar-refractivity contribution in [3.63, 3.8) is 0 Å². The van der Waals surface area contributed by atoms with E-state index in [9.17, 15) is 8.42 Å². The average molecular weight is 313 g/mol. The van der Waals surface area contributed by atoms with Crippen LogP contribution in [0.1, 0.15) is 23.4 Å². The summed E-state index contributed by atoms with van der Waals surface area (Å²) in [5.41, 5.74) is 2.32. The smallest absolute Gasteiger partial charge is 0.264 e. The SMILES string of the molecule is Cc1nn(CCCc2ccccc2)c(C)c1S(=O)(=O)Cl. The van der Waals surface area contributed by atoms with E-state index in [0.717, 1.165) is 12.8 Å². The van der Waals surface area contributed by atoms with Crippen LogP contribution in [-0.4, -0.2) is 18.2 Å². The van der Waals surface area contributed by atoms with E-state index in [4.69, 9.17) is 10.7 Å². The van der Waals surface area contributed by atoms with Crippen molar-refractivity contribution in [1.29, 1.82) is 0 Å². The summed E-state index contributed by atoms with van der Waals surface area (Å²) < 4.78 is 24.7. The number of hydrogen-bond donors (Lipinski definition) is 0. The fraction of sp³-hybridized carbons (Fsp3) is 0.357. The Kier molecular flexibility index (Phi) is 4.50. The van der Waals surface area contributed by atoms with Crippen LogP contribution in [0.5, 0.6) is 0 Å². The summed E-state index contributed by atoms with van der Waals surface area (Å²) in [5, 5.41) is 4.26. The first-order valence-electron chi connectivity index (χ1n) is 6.42. The highest BCUT2D eigenvalue weighted by molar-refractivity contribution is 8.13. The van der Waals surface area contributed by atoms with E-state index in [0.29, 0.717) is 17.9 Å². The number of halogens is 1. The van der Waals surface area contributed by atoms with E-state index >= 15 is 0 Å². The number of nitrogens with zero attached hydrogens (tertiary/aromatic N) is 2. The molecule has 0 saturated carbocycles. The molecule has 0 aliphatic heterocycles. The van der Waals surface area contributed by atoms with Crippen molar-refractivity contribution in [3.05, 3.63) is 47.3 Å². The molecule has 0 radical (unpaired) electrons. The quantitative estimate of drug-likeness (QED) is 0.797. The van der Waals surface area contributed by atoms with Crippen molar-refractivity contribution in [2.75, 3.05) is 0 Å². The van der Waals surface area contributed by atoms with Gasteiger partial charge in [0.2, 0.25) is 0 Å². The van der Waals surface area contributed by atoms with Crippen LogP contribution in [0.15, 0.2) is 35.2 Å². The van der Waals surface area contributed by atoms with Crippen LogP contribution >= 0.6 is 10.7 Å². The topological polar surface area (TPSA) is 52.0 Å². The summed E-state index contributed by atoms with van der Waals surface area (Å²) in [6.45, 7) is 4.07. The third-order valence-electron chi connectivity index (χ3n) is 3.24. The fourth-order valence-corrected chi connectivity index (χ4v) is 3.85. The highest BCUT2D eigenvalue weighted by Crippen LogP contribution is 2.23. The Bertz CT molecular complexity index is 693. The van der Waals surface area contributed by atoms with Crippen molar-refractivity contribution in [2.24, 2.45) is 0 Å². The summed E-state index contributed by atoms with van der Waals surface area (Å²) in [7, 11) is 1.70. The molecule has 1 aromatic heterocycles. The molecule has 108 valence electrons. The molecule has 0 saturated heterocycles. The number of rotatable bonds is 5. The van der Waals surface area contributed by atoms with Gasteiger partial charge in [0.25, 0.3) is 9.05 Å². The van der Waals surface area contributed by atoms with E-state index in [-0.39, 0.29) is 4.90 Å². The van der Waals surface area contributed by atoms with Crippen molar-refractivity contribution in [2.45, 2.75) is 38.1 Å². The average Bonchev–Trinajstić information content (AvgIpc) is 2.65. The van der Waals surface area contributed by atoms with Gasteiger partial charge in [-0.15, -0.1) is 0 Å². The number of aromatic nitrogens is 2. The molecule has 0 aliphatic carbocycles. The summed E-state index contributed by atoms with van der Waals surface area (Å²) in [4.78, 5) is 0.138. The van der Waals surface area contributed by atoms with Crippen LogP contribution < -0.4 is 0 Å². The summed E-state index contributed by atoms with van der Waals surface area (Å²) >= 11 is 0. The van der Waals surface area contributed by atoms with Gasteiger partial charge in [0, 0.05) is 17.2 Å². The van der Waals surface area contributed by atoms with Gasteiger partial charge in [-0.3, -0.25) is 4.68 Å². The molecule has 4 nitrogen and oxygen atoms in total. The number of benzene rings is 1. The largest absolute Gasteiger partial charge is 0.268 e. The van der Waals surface area contributed by atoms with Crippen LogP contribution in [0.3, 0.4) is 0 Å². The minimum Gasteiger partial charge on any atom is -0.268 e. The molecule has 0 bridgehead atoms. The summed E-state index contributed by atoms with van der Waals surface area (Å²) in [6, 6.07) is 10.2. The highest BCUT2D eigenvalue weighted by Gasteiger charge is 2.22. The zero-order chi connectivity index (χ0) is 14.8. The van der Waals surface area contributed by atoms with Crippen molar-refractivity contribution >= 4 is 19.7 Å². The van der Waals surface area contributed by atoms with Crippen LogP contribution in [-0.2, 0) is 22.0 Å². The number of aryl methyl sites for hydroxylation is 3. The molecule has 1 heterocycles. The van der Waals surface area contributed by atoms with Crippen molar-refractivity contribution in [3.8, 4) is 0 Å². The standard InChI is InChI=1S/C14H17ClN2O2S/c1-11-14(20(15,18)19)12(2)17(16-11)10-6-9-13-7-4-3-5-8-13/h3-5,7-8H,6,9-10H2,1-2H3. The molecule has 0 unspecified atom stereocenters. The van der Waals surface area contributed by atoms with Gasteiger partial charge in [0.15, 0.2) is 0 Å². The van der Waals surface area contributed by atoms with E-state index in [1.165, 1.54) is 5.56 Å². The van der Waals surface area contributed by atoms with Crippen molar-refractivity contribution in [1.82, 2.24) is 9.78 Å². The molecule has 6 heteroatoms. The van der Waals surface area contributed by atoms with Gasteiger partial charge in [-0.25, -0.2) is 8.42 Å². The second kappa shape index (κ2) is 5.97. The van der Waals surface area contributed by atoms with Gasteiger partial charge < -0.3 is 0 Å². The molecular weight excluding hydrogens is 296 g/mol. The highest BCUT2D eigenvalue weighted by atomic mass is 35.7. The predicted molar refractivity (Wildman–Crippen MR) is 79.5 cm³/mol. The van der Waals surface area contributed by atoms with Gasteiger partial charge in [0.05, 0.1) is 11.4 Å². The van der Waals surface area contributed by atoms with Gasteiger partial charge in [-0.2, -0.15) is 5.10 Å². The second-order valence-electron chi connectivity index (χ2n) is 4.75. The van der Waals surface area contributed by atoms with E-state index < -0.39 is 9.05 Å². The maximum atomic E-state index is 11.5. The molecule has 0 aliphatic rings. The lowest BCUT2D eigenvalue weighted by molar-refractivity contribution is 0.560. The Balaban J connectivity index is 2.08.